The normalized spacial score (nSPS) is 11.3. The van der Waals surface area contributed by atoms with Gasteiger partial charge in [-0.2, -0.15) is 5.10 Å². The van der Waals surface area contributed by atoms with Crippen molar-refractivity contribution in [3.8, 4) is 22.7 Å². The molecule has 0 atom stereocenters. The summed E-state index contributed by atoms with van der Waals surface area (Å²) in [6.45, 7) is 2.57. The average molecular weight is 494 g/mol. The molecule has 38 heavy (non-hydrogen) atoms. The van der Waals surface area contributed by atoms with E-state index in [4.69, 9.17) is 14.8 Å². The number of hydrogen-bond donors (Lipinski definition) is 0. The molecule has 0 aliphatic rings. The topological polar surface area (TPSA) is 39.4 Å². The minimum absolute atomic E-state index is 0.486. The zero-order valence-electron chi connectivity index (χ0n) is 21.2. The van der Waals surface area contributed by atoms with Crippen LogP contribution >= 0.6 is 0 Å². The van der Waals surface area contributed by atoms with Gasteiger partial charge in [0.15, 0.2) is 5.82 Å². The number of hydrogen-bond acceptors (Lipinski definition) is 3. The number of aromatic nitrogens is 2. The summed E-state index contributed by atoms with van der Waals surface area (Å²) < 4.78 is 8.20. The maximum atomic E-state index is 6.31. The van der Waals surface area contributed by atoms with Gasteiger partial charge in [0.2, 0.25) is 0 Å². The smallest absolute Gasteiger partial charge is 0.156 e. The van der Waals surface area contributed by atoms with Gasteiger partial charge in [-0.05, 0) is 41.5 Å². The van der Waals surface area contributed by atoms with Gasteiger partial charge >= 0.3 is 0 Å². The van der Waals surface area contributed by atoms with Gasteiger partial charge in [0, 0.05) is 23.4 Å². The number of benzene rings is 5. The fraction of sp³-hybridized carbons (Fsp3) is 0.0588. The Labute approximate surface area is 222 Å². The lowest BCUT2D eigenvalue weighted by atomic mass is 10.0. The van der Waals surface area contributed by atoms with Crippen LogP contribution in [0, 0.1) is 6.92 Å². The Balaban J connectivity index is 1.43. The summed E-state index contributed by atoms with van der Waals surface area (Å²) >= 11 is 0. The first kappa shape index (κ1) is 23.4. The Morgan fingerprint density at radius 2 is 1.47 bits per heavy atom. The van der Waals surface area contributed by atoms with E-state index in [0.717, 1.165) is 50.4 Å². The molecule has 0 aliphatic carbocycles. The predicted molar refractivity (Wildman–Crippen MR) is 156 cm³/mol. The van der Waals surface area contributed by atoms with Crippen LogP contribution < -0.4 is 4.74 Å². The van der Waals surface area contributed by atoms with Crippen LogP contribution in [0.2, 0.25) is 0 Å². The van der Waals surface area contributed by atoms with Crippen LogP contribution in [0.5, 0.6) is 5.75 Å². The Kier molecular flexibility index (Phi) is 6.52. The van der Waals surface area contributed by atoms with Crippen LogP contribution in [0.3, 0.4) is 0 Å². The summed E-state index contributed by atoms with van der Waals surface area (Å²) in [6.07, 6.45) is 1.90. The van der Waals surface area contributed by atoms with Crippen molar-refractivity contribution in [3.05, 3.63) is 144 Å². The zero-order valence-corrected chi connectivity index (χ0v) is 21.2. The van der Waals surface area contributed by atoms with Gasteiger partial charge in [0.05, 0.1) is 11.4 Å². The molecule has 184 valence electrons. The third kappa shape index (κ3) is 4.97. The molecule has 0 N–H and O–H groups in total. The van der Waals surface area contributed by atoms with Crippen LogP contribution in [0.1, 0.15) is 16.7 Å². The molecule has 0 radical (unpaired) electrons. The molecule has 0 saturated carbocycles. The number of nitrogens with zero attached hydrogens (tertiary/aromatic N) is 3. The number of para-hydroxylation sites is 1. The molecule has 0 spiro atoms. The fourth-order valence-corrected chi connectivity index (χ4v) is 4.49. The molecule has 0 amide bonds. The van der Waals surface area contributed by atoms with Gasteiger partial charge < -0.3 is 4.74 Å². The van der Waals surface area contributed by atoms with Gasteiger partial charge in [-0.3, -0.25) is 0 Å². The fourth-order valence-electron chi connectivity index (χ4n) is 4.49. The van der Waals surface area contributed by atoms with Crippen LogP contribution in [0.15, 0.2) is 132 Å². The molecule has 0 fully saturated rings. The van der Waals surface area contributed by atoms with E-state index in [9.17, 15) is 0 Å². The third-order valence-corrected chi connectivity index (χ3v) is 6.53. The van der Waals surface area contributed by atoms with Gasteiger partial charge in [-0.15, -0.1) is 0 Å². The highest BCUT2D eigenvalue weighted by Gasteiger charge is 2.12. The Hall–Kier alpha value is -4.96. The molecular weight excluding hydrogens is 466 g/mol. The number of ether oxygens (including phenoxy) is 1. The van der Waals surface area contributed by atoms with E-state index in [1.54, 1.807) is 0 Å². The van der Waals surface area contributed by atoms with Crippen LogP contribution in [-0.2, 0) is 6.61 Å². The molecule has 0 bridgehead atoms. The second-order valence-electron chi connectivity index (χ2n) is 9.23. The van der Waals surface area contributed by atoms with E-state index in [2.05, 4.69) is 61.5 Å². The zero-order chi connectivity index (χ0) is 25.7. The number of aryl methyl sites for hydroxylation is 1. The molecule has 0 unspecified atom stereocenters. The maximum Gasteiger partial charge on any atom is 0.156 e. The summed E-state index contributed by atoms with van der Waals surface area (Å²) in [5, 5.41) is 7.15. The van der Waals surface area contributed by atoms with Crippen molar-refractivity contribution in [1.82, 2.24) is 9.78 Å². The molecule has 1 heterocycles. The highest BCUT2D eigenvalue weighted by Crippen LogP contribution is 2.30. The monoisotopic (exact) mass is 493 g/mol. The van der Waals surface area contributed by atoms with Crippen molar-refractivity contribution >= 4 is 22.8 Å². The summed E-state index contributed by atoms with van der Waals surface area (Å²) in [5.74, 6) is 1.54. The van der Waals surface area contributed by atoms with Crippen molar-refractivity contribution in [3.63, 3.8) is 0 Å². The number of fused-ring (bicyclic) bond motifs is 1. The highest BCUT2D eigenvalue weighted by atomic mass is 16.5. The van der Waals surface area contributed by atoms with E-state index < -0.39 is 0 Å². The lowest BCUT2D eigenvalue weighted by molar-refractivity contribution is 0.306. The summed E-state index contributed by atoms with van der Waals surface area (Å²) in [4.78, 5) is 4.98. The molecule has 1 aromatic heterocycles. The first-order valence-corrected chi connectivity index (χ1v) is 12.7. The average Bonchev–Trinajstić information content (AvgIpc) is 3.40. The second-order valence-corrected chi connectivity index (χ2v) is 9.23. The van der Waals surface area contributed by atoms with Gasteiger partial charge in [0.25, 0.3) is 0 Å². The molecule has 6 rings (SSSR count). The Morgan fingerprint density at radius 1 is 0.763 bits per heavy atom. The molecular formula is C34H27N3O. The van der Waals surface area contributed by atoms with Crippen molar-refractivity contribution in [2.75, 3.05) is 0 Å². The summed E-state index contributed by atoms with van der Waals surface area (Å²) in [7, 11) is 0. The highest BCUT2D eigenvalue weighted by molar-refractivity contribution is 6.03. The maximum absolute atomic E-state index is 6.31. The van der Waals surface area contributed by atoms with Gasteiger partial charge in [-0.25, -0.2) is 9.67 Å². The van der Waals surface area contributed by atoms with Crippen molar-refractivity contribution in [2.24, 2.45) is 4.99 Å². The summed E-state index contributed by atoms with van der Waals surface area (Å²) in [5.41, 5.74) is 6.16. The molecule has 4 heteroatoms. The van der Waals surface area contributed by atoms with E-state index >= 15 is 0 Å². The van der Waals surface area contributed by atoms with Crippen molar-refractivity contribution in [1.29, 1.82) is 0 Å². The van der Waals surface area contributed by atoms with Crippen LogP contribution in [-0.4, -0.2) is 16.0 Å². The van der Waals surface area contributed by atoms with Crippen molar-refractivity contribution in [2.45, 2.75) is 13.5 Å². The molecule has 5 aromatic carbocycles. The predicted octanol–water partition coefficient (Wildman–Crippen LogP) is 8.33. The SMILES string of the molecule is Cc1ccc(-c2cc(/N=C/c3c(OCc4ccccc4)ccc4ccccc34)n(-c3ccccc3)n2)cc1. The lowest BCUT2D eigenvalue weighted by Gasteiger charge is -2.12. The van der Waals surface area contributed by atoms with Gasteiger partial charge in [-0.1, -0.05) is 109 Å². The lowest BCUT2D eigenvalue weighted by Crippen LogP contribution is -1.99. The Bertz CT molecular complexity index is 1700. The standard InChI is InChI=1S/C34H27N3O/c1-25-16-18-28(19-17-25)32-22-34(37(36-32)29-13-6-3-7-14-29)35-23-31-30-15-9-8-12-27(30)20-21-33(31)38-24-26-10-4-2-5-11-26/h2-23H,24H2,1H3/b35-23+. The molecule has 0 saturated heterocycles. The van der Waals surface area contributed by atoms with E-state index in [-0.39, 0.29) is 0 Å². The minimum Gasteiger partial charge on any atom is -0.488 e. The van der Waals surface area contributed by atoms with Crippen molar-refractivity contribution < 1.29 is 4.74 Å². The molecule has 0 aliphatic heterocycles. The first-order chi connectivity index (χ1) is 18.7. The number of aliphatic imine (C=N–C) groups is 1. The Morgan fingerprint density at radius 3 is 2.26 bits per heavy atom. The number of rotatable bonds is 7. The third-order valence-electron chi connectivity index (χ3n) is 6.53. The molecule has 6 aromatic rings. The van der Waals surface area contributed by atoms with E-state index in [0.29, 0.717) is 6.61 Å². The van der Waals surface area contributed by atoms with Crippen LogP contribution in [0.4, 0.5) is 5.82 Å². The first-order valence-electron chi connectivity index (χ1n) is 12.7. The quantitative estimate of drug-likeness (QED) is 0.210. The minimum atomic E-state index is 0.486. The summed E-state index contributed by atoms with van der Waals surface area (Å²) in [6, 6.07) is 43.2. The van der Waals surface area contributed by atoms with E-state index in [1.165, 1.54) is 5.56 Å². The van der Waals surface area contributed by atoms with Gasteiger partial charge in [0.1, 0.15) is 12.4 Å². The largest absolute Gasteiger partial charge is 0.488 e. The van der Waals surface area contributed by atoms with Crippen LogP contribution in [0.25, 0.3) is 27.7 Å². The van der Waals surface area contributed by atoms with E-state index in [1.807, 2.05) is 83.7 Å². The second kappa shape index (κ2) is 10.6. The molecule has 4 nitrogen and oxygen atoms in total.